The van der Waals surface area contributed by atoms with Crippen molar-refractivity contribution >= 4 is 27.9 Å². The summed E-state index contributed by atoms with van der Waals surface area (Å²) < 4.78 is 1.01. The fourth-order valence-corrected chi connectivity index (χ4v) is 4.21. The number of H-pyrrole nitrogens is 1. The summed E-state index contributed by atoms with van der Waals surface area (Å²) in [7, 11) is 3.32. The van der Waals surface area contributed by atoms with Crippen LogP contribution in [-0.4, -0.2) is 52.3 Å². The first-order valence-electron chi connectivity index (χ1n) is 10.6. The summed E-state index contributed by atoms with van der Waals surface area (Å²) in [6, 6.07) is 16.1. The Morgan fingerprint density at radius 3 is 2.56 bits per heavy atom. The molecule has 7 nitrogen and oxygen atoms in total. The molecule has 166 valence electrons. The van der Waals surface area contributed by atoms with E-state index in [4.69, 9.17) is 0 Å². The standard InChI is InChI=1S/C24H26BrN5O2/c1-29(2)24(32)28-21(17-7-4-3-5-8-17)23(31)30-14-6-9-20(30)22-26-15-19(27-22)16-10-12-18(25)13-11-16/h3-5,7-8,10-13,15,20-21H,6,9,14H2,1-2H3,(H,26,27)(H,28,32). The SMILES string of the molecule is CN(C)C(=O)NC(C(=O)N1CCCC1c1ncc(-c2ccc(Br)cc2)[nH]1)c1ccccc1. The van der Waals surface area contributed by atoms with Gasteiger partial charge in [0.15, 0.2) is 0 Å². The van der Waals surface area contributed by atoms with Gasteiger partial charge >= 0.3 is 6.03 Å². The van der Waals surface area contributed by atoms with E-state index >= 15 is 0 Å². The smallest absolute Gasteiger partial charge is 0.317 e. The molecule has 1 aromatic heterocycles. The third-order valence-electron chi connectivity index (χ3n) is 5.66. The van der Waals surface area contributed by atoms with Gasteiger partial charge in [-0.2, -0.15) is 0 Å². The van der Waals surface area contributed by atoms with Crippen LogP contribution in [0.2, 0.25) is 0 Å². The lowest BCUT2D eigenvalue weighted by Crippen LogP contribution is -2.45. The van der Waals surface area contributed by atoms with E-state index in [9.17, 15) is 9.59 Å². The maximum atomic E-state index is 13.6. The van der Waals surface area contributed by atoms with Crippen molar-refractivity contribution in [3.63, 3.8) is 0 Å². The molecular weight excluding hydrogens is 470 g/mol. The Kier molecular flexibility index (Phi) is 6.60. The van der Waals surface area contributed by atoms with Crippen molar-refractivity contribution in [3.05, 3.63) is 76.7 Å². The zero-order chi connectivity index (χ0) is 22.7. The molecule has 2 unspecified atom stereocenters. The van der Waals surface area contributed by atoms with E-state index in [0.717, 1.165) is 40.0 Å². The van der Waals surface area contributed by atoms with Crippen LogP contribution in [-0.2, 0) is 4.79 Å². The van der Waals surface area contributed by atoms with Gasteiger partial charge in [0, 0.05) is 25.1 Å². The monoisotopic (exact) mass is 495 g/mol. The number of likely N-dealkylation sites (tertiary alicyclic amines) is 1. The first kappa shape index (κ1) is 22.1. The van der Waals surface area contributed by atoms with E-state index in [-0.39, 0.29) is 18.0 Å². The maximum absolute atomic E-state index is 13.6. The summed E-state index contributed by atoms with van der Waals surface area (Å²) in [5.41, 5.74) is 2.70. The van der Waals surface area contributed by atoms with Crippen molar-refractivity contribution in [1.82, 2.24) is 25.1 Å². The van der Waals surface area contributed by atoms with E-state index in [1.165, 1.54) is 4.90 Å². The molecule has 3 amide bonds. The number of benzene rings is 2. The molecule has 0 spiro atoms. The topological polar surface area (TPSA) is 81.3 Å². The van der Waals surface area contributed by atoms with Crippen molar-refractivity contribution < 1.29 is 9.59 Å². The largest absolute Gasteiger partial charge is 0.340 e. The molecule has 2 aromatic carbocycles. The molecule has 2 heterocycles. The van der Waals surface area contributed by atoms with Crippen LogP contribution >= 0.6 is 15.9 Å². The minimum Gasteiger partial charge on any atom is -0.340 e. The molecule has 2 atom stereocenters. The highest BCUT2D eigenvalue weighted by atomic mass is 79.9. The fraction of sp³-hybridized carbons (Fsp3) is 0.292. The highest BCUT2D eigenvalue weighted by Gasteiger charge is 2.37. The molecule has 8 heteroatoms. The van der Waals surface area contributed by atoms with Gasteiger partial charge in [0.2, 0.25) is 5.91 Å². The minimum atomic E-state index is -0.757. The zero-order valence-corrected chi connectivity index (χ0v) is 19.7. The lowest BCUT2D eigenvalue weighted by Gasteiger charge is -2.29. The number of carbonyl (C=O) groups is 2. The first-order chi connectivity index (χ1) is 15.4. The van der Waals surface area contributed by atoms with Crippen molar-refractivity contribution in [2.24, 2.45) is 0 Å². The van der Waals surface area contributed by atoms with Gasteiger partial charge in [0.05, 0.1) is 17.9 Å². The molecule has 0 radical (unpaired) electrons. The molecule has 0 aliphatic carbocycles. The van der Waals surface area contributed by atoms with Gasteiger partial charge in [-0.3, -0.25) is 4.79 Å². The van der Waals surface area contributed by atoms with Crippen LogP contribution < -0.4 is 5.32 Å². The van der Waals surface area contributed by atoms with E-state index in [1.54, 1.807) is 14.1 Å². The van der Waals surface area contributed by atoms with Gasteiger partial charge in [0.1, 0.15) is 11.9 Å². The lowest BCUT2D eigenvalue weighted by molar-refractivity contribution is -0.134. The average Bonchev–Trinajstić information content (AvgIpc) is 3.47. The number of nitrogens with zero attached hydrogens (tertiary/aromatic N) is 3. The van der Waals surface area contributed by atoms with Crippen molar-refractivity contribution in [2.45, 2.75) is 24.9 Å². The molecule has 4 rings (SSSR count). The molecule has 1 saturated heterocycles. The third kappa shape index (κ3) is 4.70. The van der Waals surface area contributed by atoms with Gasteiger partial charge in [-0.1, -0.05) is 58.4 Å². The Hall–Kier alpha value is -3.13. The number of amides is 3. The number of carbonyl (C=O) groups excluding carboxylic acids is 2. The molecule has 0 saturated carbocycles. The molecule has 1 aliphatic heterocycles. The Bertz CT molecular complexity index is 1080. The average molecular weight is 496 g/mol. The van der Waals surface area contributed by atoms with E-state index in [2.05, 4.69) is 31.2 Å². The normalized spacial score (nSPS) is 16.6. The minimum absolute atomic E-state index is 0.129. The summed E-state index contributed by atoms with van der Waals surface area (Å²) in [5, 5.41) is 2.88. The molecule has 1 aliphatic rings. The van der Waals surface area contributed by atoms with E-state index < -0.39 is 6.04 Å². The molecule has 3 aromatic rings. The first-order valence-corrected chi connectivity index (χ1v) is 11.4. The Labute approximate surface area is 196 Å². The van der Waals surface area contributed by atoms with Gasteiger partial charge in [0.25, 0.3) is 0 Å². The van der Waals surface area contributed by atoms with Crippen LogP contribution in [0.25, 0.3) is 11.3 Å². The number of imidazole rings is 1. The number of urea groups is 1. The highest BCUT2D eigenvalue weighted by Crippen LogP contribution is 2.34. The number of rotatable bonds is 5. The summed E-state index contributed by atoms with van der Waals surface area (Å²) in [4.78, 5) is 37.3. The third-order valence-corrected chi connectivity index (χ3v) is 6.18. The molecule has 32 heavy (non-hydrogen) atoms. The van der Waals surface area contributed by atoms with Crippen molar-refractivity contribution in [2.75, 3.05) is 20.6 Å². The summed E-state index contributed by atoms with van der Waals surface area (Å²) in [6.45, 7) is 0.624. The van der Waals surface area contributed by atoms with Crippen LogP contribution in [0.15, 0.2) is 65.3 Å². The number of aromatic amines is 1. The predicted octanol–water partition coefficient (Wildman–Crippen LogP) is 4.52. The van der Waals surface area contributed by atoms with Gasteiger partial charge in [-0.05, 0) is 36.1 Å². The fourth-order valence-electron chi connectivity index (χ4n) is 3.95. The molecule has 1 fully saturated rings. The number of aromatic nitrogens is 2. The summed E-state index contributed by atoms with van der Waals surface area (Å²) in [6.07, 6.45) is 3.51. The second-order valence-electron chi connectivity index (χ2n) is 8.07. The highest BCUT2D eigenvalue weighted by molar-refractivity contribution is 9.10. The van der Waals surface area contributed by atoms with E-state index in [0.29, 0.717) is 6.54 Å². The molecule has 2 N–H and O–H groups in total. The van der Waals surface area contributed by atoms with Crippen LogP contribution in [0.3, 0.4) is 0 Å². The van der Waals surface area contributed by atoms with Gasteiger partial charge in [-0.15, -0.1) is 0 Å². The van der Waals surface area contributed by atoms with E-state index in [1.807, 2.05) is 65.7 Å². The zero-order valence-electron chi connectivity index (χ0n) is 18.1. The molecular formula is C24H26BrN5O2. The number of halogens is 1. The number of hydrogen-bond acceptors (Lipinski definition) is 3. The van der Waals surface area contributed by atoms with Crippen LogP contribution in [0, 0.1) is 0 Å². The Balaban J connectivity index is 1.59. The lowest BCUT2D eigenvalue weighted by atomic mass is 10.0. The van der Waals surface area contributed by atoms with Gasteiger partial charge < -0.3 is 20.1 Å². The summed E-state index contributed by atoms with van der Waals surface area (Å²) in [5.74, 6) is 0.634. The van der Waals surface area contributed by atoms with Gasteiger partial charge in [-0.25, -0.2) is 9.78 Å². The Morgan fingerprint density at radius 2 is 1.88 bits per heavy atom. The van der Waals surface area contributed by atoms with Crippen molar-refractivity contribution in [1.29, 1.82) is 0 Å². The summed E-state index contributed by atoms with van der Waals surface area (Å²) >= 11 is 3.46. The second-order valence-corrected chi connectivity index (χ2v) is 8.98. The quantitative estimate of drug-likeness (QED) is 0.545. The number of nitrogens with one attached hydrogen (secondary N) is 2. The van der Waals surface area contributed by atoms with Crippen LogP contribution in [0.5, 0.6) is 0 Å². The Morgan fingerprint density at radius 1 is 1.16 bits per heavy atom. The number of hydrogen-bond donors (Lipinski definition) is 2. The molecule has 0 bridgehead atoms. The van der Waals surface area contributed by atoms with Crippen LogP contribution in [0.1, 0.15) is 36.3 Å². The maximum Gasteiger partial charge on any atom is 0.317 e. The second kappa shape index (κ2) is 9.56. The van der Waals surface area contributed by atoms with Crippen LogP contribution in [0.4, 0.5) is 4.79 Å². The van der Waals surface area contributed by atoms with Crippen molar-refractivity contribution in [3.8, 4) is 11.3 Å². The predicted molar refractivity (Wildman–Crippen MR) is 127 cm³/mol.